The summed E-state index contributed by atoms with van der Waals surface area (Å²) in [5, 5.41) is 0. The summed E-state index contributed by atoms with van der Waals surface area (Å²) in [5.41, 5.74) is 1.79. The van der Waals surface area contributed by atoms with Gasteiger partial charge in [-0.25, -0.2) is 9.59 Å². The Balaban J connectivity index is 1.46. The van der Waals surface area contributed by atoms with Gasteiger partial charge in [-0.2, -0.15) is 0 Å². The molecule has 8 nitrogen and oxygen atoms in total. The van der Waals surface area contributed by atoms with Crippen molar-refractivity contribution in [1.29, 1.82) is 0 Å². The van der Waals surface area contributed by atoms with Crippen molar-refractivity contribution in [1.82, 2.24) is 0 Å². The quantitative estimate of drug-likeness (QED) is 0.116. The van der Waals surface area contributed by atoms with Crippen molar-refractivity contribution in [2.24, 2.45) is 0 Å². The topological polar surface area (TPSA) is 96.7 Å². The Kier molecular flexibility index (Phi) is 7.67. The Hall–Kier alpha value is -4.56. The molecule has 0 amide bonds. The second-order valence-electron chi connectivity index (χ2n) is 7.85. The number of carbonyl (C=O) groups is 2. The number of rotatable bonds is 11. The number of ether oxygens (including phenoxy) is 5. The maximum atomic E-state index is 11.7. The molecule has 0 saturated carbocycles. The van der Waals surface area contributed by atoms with Crippen molar-refractivity contribution in [3.8, 4) is 39.9 Å². The molecule has 36 heavy (non-hydrogen) atoms. The summed E-state index contributed by atoms with van der Waals surface area (Å²) in [6.45, 7) is 9.56. The number of hydrogen-bond acceptors (Lipinski definition) is 8. The van der Waals surface area contributed by atoms with Crippen LogP contribution in [-0.4, -0.2) is 31.3 Å². The third-order valence-electron chi connectivity index (χ3n) is 4.92. The van der Waals surface area contributed by atoms with Crippen molar-refractivity contribution in [3.05, 3.63) is 91.9 Å². The van der Waals surface area contributed by atoms with Crippen LogP contribution in [-0.2, 0) is 19.1 Å². The molecule has 1 unspecified atom stereocenters. The van der Waals surface area contributed by atoms with E-state index in [-0.39, 0.29) is 6.10 Å². The molecule has 1 fully saturated rings. The summed E-state index contributed by atoms with van der Waals surface area (Å²) < 4.78 is 32.6. The minimum Gasteiger partial charge on any atom is -0.491 e. The number of epoxide rings is 1. The van der Waals surface area contributed by atoms with Crippen LogP contribution in [0.2, 0.25) is 0 Å². The highest BCUT2D eigenvalue weighted by Crippen LogP contribution is 2.34. The van der Waals surface area contributed by atoms with Crippen molar-refractivity contribution in [2.75, 3.05) is 13.2 Å². The maximum Gasteiger partial charge on any atom is 0.338 e. The van der Waals surface area contributed by atoms with Crippen molar-refractivity contribution >= 4 is 11.9 Å². The van der Waals surface area contributed by atoms with Crippen LogP contribution in [0.15, 0.2) is 96.3 Å². The molecule has 1 atom stereocenters. The van der Waals surface area contributed by atoms with Gasteiger partial charge in [0.2, 0.25) is 0 Å². The van der Waals surface area contributed by atoms with Crippen LogP contribution in [0.3, 0.4) is 0 Å². The van der Waals surface area contributed by atoms with E-state index < -0.39 is 11.9 Å². The van der Waals surface area contributed by atoms with Crippen molar-refractivity contribution < 1.29 is 37.7 Å². The molecule has 0 bridgehead atoms. The largest absolute Gasteiger partial charge is 0.491 e. The fraction of sp³-hybridized carbons (Fsp3) is 0.143. The number of furan rings is 1. The number of esters is 2. The number of benzene rings is 2. The molecule has 1 saturated heterocycles. The van der Waals surface area contributed by atoms with Crippen LogP contribution in [0.5, 0.6) is 17.2 Å². The Morgan fingerprint density at radius 3 is 2.33 bits per heavy atom. The molecule has 8 heteroatoms. The normalized spacial score (nSPS) is 14.2. The lowest BCUT2D eigenvalue weighted by Crippen LogP contribution is -2.06. The molecule has 0 N–H and O–H groups in total. The zero-order valence-corrected chi connectivity index (χ0v) is 19.6. The minimum atomic E-state index is -0.574. The van der Waals surface area contributed by atoms with Crippen LogP contribution in [0.4, 0.5) is 0 Å². The smallest absolute Gasteiger partial charge is 0.338 e. The Morgan fingerprint density at radius 2 is 1.67 bits per heavy atom. The highest BCUT2D eigenvalue weighted by Gasteiger charge is 2.23. The standard InChI is InChI=1S/C28H24O8/c1-4-27(29)35-23-14-20(13-22(15-23)33-16-24-17-34-24)26-10-9-25(36-26)19-5-7-21(8-6-19)31-11-12-32-28(30)18(2)3/h4-15,24H,1-2,16-17H2,3H3/b12-11-. The molecule has 1 aliphatic rings. The van der Waals surface area contributed by atoms with Gasteiger partial charge in [0.05, 0.1) is 6.61 Å². The van der Waals surface area contributed by atoms with Gasteiger partial charge in [-0.05, 0) is 55.5 Å². The van der Waals surface area contributed by atoms with E-state index in [9.17, 15) is 9.59 Å². The van der Waals surface area contributed by atoms with E-state index in [1.54, 1.807) is 37.3 Å². The Labute approximate surface area is 208 Å². The predicted octanol–water partition coefficient (Wildman–Crippen LogP) is 5.45. The second kappa shape index (κ2) is 11.2. The van der Waals surface area contributed by atoms with E-state index in [0.717, 1.165) is 17.9 Å². The molecule has 0 spiro atoms. The molecular weight excluding hydrogens is 464 g/mol. The van der Waals surface area contributed by atoms with Crippen molar-refractivity contribution in [2.45, 2.75) is 13.0 Å². The summed E-state index contributed by atoms with van der Waals surface area (Å²) >= 11 is 0. The van der Waals surface area contributed by atoms with Gasteiger partial charge in [0.15, 0.2) is 0 Å². The molecule has 4 rings (SSSR count). The summed E-state index contributed by atoms with van der Waals surface area (Å²) in [5.74, 6) is 1.48. The molecule has 184 valence electrons. The first-order valence-electron chi connectivity index (χ1n) is 11.0. The lowest BCUT2D eigenvalue weighted by Gasteiger charge is -2.09. The van der Waals surface area contributed by atoms with Crippen LogP contribution in [0, 0.1) is 0 Å². The third kappa shape index (κ3) is 6.74. The van der Waals surface area contributed by atoms with Gasteiger partial charge in [-0.3, -0.25) is 0 Å². The molecule has 1 aliphatic heterocycles. The zero-order chi connectivity index (χ0) is 25.5. The van der Waals surface area contributed by atoms with Crippen molar-refractivity contribution in [3.63, 3.8) is 0 Å². The van der Waals surface area contributed by atoms with Gasteiger partial charge in [0.1, 0.15) is 54.0 Å². The van der Waals surface area contributed by atoms with E-state index in [0.29, 0.717) is 53.1 Å². The molecule has 2 heterocycles. The van der Waals surface area contributed by atoms with Crippen LogP contribution >= 0.6 is 0 Å². The number of hydrogen-bond donors (Lipinski definition) is 0. The van der Waals surface area contributed by atoms with Gasteiger partial charge in [0, 0.05) is 28.8 Å². The van der Waals surface area contributed by atoms with Crippen LogP contribution in [0.1, 0.15) is 6.92 Å². The van der Waals surface area contributed by atoms with Gasteiger partial charge < -0.3 is 28.1 Å². The Bertz CT molecular complexity index is 1300. The lowest BCUT2D eigenvalue weighted by atomic mass is 10.1. The molecule has 0 aliphatic carbocycles. The van der Waals surface area contributed by atoms with Gasteiger partial charge in [-0.15, -0.1) is 0 Å². The van der Waals surface area contributed by atoms with Gasteiger partial charge in [0.25, 0.3) is 0 Å². The van der Waals surface area contributed by atoms with E-state index in [1.165, 1.54) is 6.26 Å². The first-order chi connectivity index (χ1) is 17.4. The lowest BCUT2D eigenvalue weighted by molar-refractivity contribution is -0.133. The number of carbonyl (C=O) groups excluding carboxylic acids is 2. The summed E-state index contributed by atoms with van der Waals surface area (Å²) in [6.07, 6.45) is 3.59. The second-order valence-corrected chi connectivity index (χ2v) is 7.85. The van der Waals surface area contributed by atoms with E-state index in [2.05, 4.69) is 13.2 Å². The molecular formula is C28H24O8. The average molecular weight is 488 g/mol. The minimum absolute atomic E-state index is 0.0804. The Morgan fingerprint density at radius 1 is 0.972 bits per heavy atom. The first-order valence-corrected chi connectivity index (χ1v) is 11.0. The highest BCUT2D eigenvalue weighted by molar-refractivity contribution is 5.87. The SMILES string of the molecule is C=CC(=O)Oc1cc(OCC2CO2)cc(-c2ccc(-c3ccc(O/C=C\OC(=O)C(=C)C)cc3)o2)c1. The average Bonchev–Trinajstić information content (AvgIpc) is 3.58. The maximum absolute atomic E-state index is 11.7. The zero-order valence-electron chi connectivity index (χ0n) is 19.6. The fourth-order valence-corrected chi connectivity index (χ4v) is 3.01. The highest BCUT2D eigenvalue weighted by atomic mass is 16.6. The summed E-state index contributed by atoms with van der Waals surface area (Å²) in [7, 11) is 0. The van der Waals surface area contributed by atoms with E-state index in [1.807, 2.05) is 24.3 Å². The molecule has 1 aromatic heterocycles. The van der Waals surface area contributed by atoms with Crippen LogP contribution < -0.4 is 14.2 Å². The fourth-order valence-electron chi connectivity index (χ4n) is 3.01. The predicted molar refractivity (Wildman–Crippen MR) is 131 cm³/mol. The van der Waals surface area contributed by atoms with Gasteiger partial charge >= 0.3 is 11.9 Å². The summed E-state index contributed by atoms with van der Waals surface area (Å²) in [4.78, 5) is 23.1. The monoisotopic (exact) mass is 488 g/mol. The molecule has 0 radical (unpaired) electrons. The first kappa shape index (κ1) is 24.6. The molecule has 2 aromatic carbocycles. The third-order valence-corrected chi connectivity index (χ3v) is 4.92. The van der Waals surface area contributed by atoms with Gasteiger partial charge in [-0.1, -0.05) is 13.2 Å². The van der Waals surface area contributed by atoms with E-state index >= 15 is 0 Å². The molecule has 3 aromatic rings. The van der Waals surface area contributed by atoms with E-state index in [4.69, 9.17) is 28.1 Å². The summed E-state index contributed by atoms with van der Waals surface area (Å²) in [6, 6.07) is 16.0. The van der Waals surface area contributed by atoms with Crippen LogP contribution in [0.25, 0.3) is 22.6 Å².